The summed E-state index contributed by atoms with van der Waals surface area (Å²) in [7, 11) is 0. The number of nitrogens with one attached hydrogen (secondary N) is 2. The van der Waals surface area contributed by atoms with E-state index >= 15 is 0 Å². The number of hydrogen-bond acceptors (Lipinski definition) is 3. The first-order valence-electron chi connectivity index (χ1n) is 5.07. The normalized spacial score (nSPS) is 25.5. The Bertz CT molecular complexity index is 269. The van der Waals surface area contributed by atoms with Gasteiger partial charge in [0, 0.05) is 24.8 Å². The van der Waals surface area contributed by atoms with Gasteiger partial charge in [-0.2, -0.15) is 0 Å². The highest BCUT2D eigenvalue weighted by Gasteiger charge is 2.36. The molecule has 0 aromatic carbocycles. The van der Waals surface area contributed by atoms with Crippen LogP contribution in [0.4, 0.5) is 4.79 Å². The van der Waals surface area contributed by atoms with Crippen molar-refractivity contribution in [2.45, 2.75) is 19.0 Å². The number of carbonyl (C=O) groups is 2. The van der Waals surface area contributed by atoms with Crippen molar-refractivity contribution in [2.75, 3.05) is 24.8 Å². The number of urea groups is 1. The van der Waals surface area contributed by atoms with Crippen LogP contribution in [0.3, 0.4) is 0 Å². The van der Waals surface area contributed by atoms with Gasteiger partial charge >= 0.3 is 6.03 Å². The molecule has 1 rings (SSSR count). The number of carbonyl (C=O) groups excluding carboxylic acids is 2. The Morgan fingerprint density at radius 1 is 1.25 bits per heavy atom. The first-order chi connectivity index (χ1) is 7.60. The second-order valence-electron chi connectivity index (χ2n) is 3.61. The largest absolute Gasteiger partial charge is 0.333 e. The predicted molar refractivity (Wildman–Crippen MR) is 62.9 cm³/mol. The van der Waals surface area contributed by atoms with Crippen LogP contribution >= 0.6 is 23.2 Å². The molecule has 0 aromatic heterocycles. The maximum atomic E-state index is 11.7. The molecule has 0 aromatic rings. The molecule has 1 aliphatic heterocycles. The minimum atomic E-state index is -0.453. The van der Waals surface area contributed by atoms with Crippen molar-refractivity contribution in [1.29, 1.82) is 0 Å². The van der Waals surface area contributed by atoms with Crippen molar-refractivity contribution in [3.8, 4) is 0 Å². The standard InChI is InChI=1S/C9H15Cl2N3O2/c1-6-7(8(15)13-9(16)12-6)14(4-2-10)5-3-11/h6-7H,2-5H2,1H3,(H2,12,13,15,16). The van der Waals surface area contributed by atoms with Gasteiger partial charge < -0.3 is 5.32 Å². The fourth-order valence-electron chi connectivity index (χ4n) is 1.82. The topological polar surface area (TPSA) is 61.4 Å². The monoisotopic (exact) mass is 267 g/mol. The molecule has 5 nitrogen and oxygen atoms in total. The van der Waals surface area contributed by atoms with Crippen LogP contribution in [0.2, 0.25) is 0 Å². The van der Waals surface area contributed by atoms with Crippen LogP contribution in [0.25, 0.3) is 0 Å². The van der Waals surface area contributed by atoms with Crippen molar-refractivity contribution in [1.82, 2.24) is 15.5 Å². The van der Waals surface area contributed by atoms with E-state index in [1.807, 2.05) is 4.90 Å². The van der Waals surface area contributed by atoms with E-state index < -0.39 is 12.1 Å². The van der Waals surface area contributed by atoms with E-state index in [4.69, 9.17) is 23.2 Å². The van der Waals surface area contributed by atoms with Crippen molar-refractivity contribution in [3.63, 3.8) is 0 Å². The second-order valence-corrected chi connectivity index (χ2v) is 4.37. The number of imide groups is 1. The second kappa shape index (κ2) is 6.27. The van der Waals surface area contributed by atoms with Crippen LogP contribution < -0.4 is 10.6 Å². The number of alkyl halides is 2. The van der Waals surface area contributed by atoms with E-state index in [9.17, 15) is 9.59 Å². The zero-order valence-corrected chi connectivity index (χ0v) is 10.5. The molecule has 0 saturated carbocycles. The molecule has 1 saturated heterocycles. The number of nitrogens with zero attached hydrogens (tertiary/aromatic N) is 1. The number of halogens is 2. The maximum absolute atomic E-state index is 11.7. The Balaban J connectivity index is 2.73. The number of amides is 3. The average molecular weight is 268 g/mol. The van der Waals surface area contributed by atoms with E-state index in [1.54, 1.807) is 6.92 Å². The van der Waals surface area contributed by atoms with Gasteiger partial charge in [0.2, 0.25) is 5.91 Å². The molecule has 1 fully saturated rings. The maximum Gasteiger partial charge on any atom is 0.321 e. The highest BCUT2D eigenvalue weighted by atomic mass is 35.5. The number of hydrogen-bond donors (Lipinski definition) is 2. The summed E-state index contributed by atoms with van der Waals surface area (Å²) in [6, 6.07) is -1.10. The van der Waals surface area contributed by atoms with Crippen LogP contribution in [0.15, 0.2) is 0 Å². The zero-order chi connectivity index (χ0) is 12.1. The lowest BCUT2D eigenvalue weighted by atomic mass is 10.1. The third-order valence-electron chi connectivity index (χ3n) is 2.47. The smallest absolute Gasteiger partial charge is 0.321 e. The molecule has 0 radical (unpaired) electrons. The summed E-state index contributed by atoms with van der Waals surface area (Å²) in [6.45, 7) is 2.91. The first-order valence-corrected chi connectivity index (χ1v) is 6.14. The van der Waals surface area contributed by atoms with Gasteiger partial charge in [-0.1, -0.05) is 0 Å². The Morgan fingerprint density at radius 3 is 2.25 bits per heavy atom. The molecular formula is C9H15Cl2N3O2. The zero-order valence-electron chi connectivity index (χ0n) is 9.00. The van der Waals surface area contributed by atoms with Crippen molar-refractivity contribution in [3.05, 3.63) is 0 Å². The third-order valence-corrected chi connectivity index (χ3v) is 2.81. The van der Waals surface area contributed by atoms with E-state index in [0.29, 0.717) is 24.8 Å². The molecule has 1 heterocycles. The molecule has 92 valence electrons. The van der Waals surface area contributed by atoms with Gasteiger partial charge in [0.1, 0.15) is 6.04 Å². The average Bonchev–Trinajstić information content (AvgIpc) is 2.16. The lowest BCUT2D eigenvalue weighted by molar-refractivity contribution is -0.127. The Morgan fingerprint density at radius 2 is 1.81 bits per heavy atom. The van der Waals surface area contributed by atoms with E-state index in [0.717, 1.165) is 0 Å². The highest BCUT2D eigenvalue weighted by Crippen LogP contribution is 2.09. The quantitative estimate of drug-likeness (QED) is 0.708. The minimum absolute atomic E-state index is 0.243. The predicted octanol–water partition coefficient (Wildman–Crippen LogP) is 0.363. The van der Waals surface area contributed by atoms with Gasteiger partial charge in [0.25, 0.3) is 0 Å². The molecule has 16 heavy (non-hydrogen) atoms. The molecule has 0 bridgehead atoms. The van der Waals surface area contributed by atoms with Gasteiger partial charge in [-0.05, 0) is 6.92 Å². The van der Waals surface area contributed by atoms with Crippen molar-refractivity contribution < 1.29 is 9.59 Å². The fraction of sp³-hybridized carbons (Fsp3) is 0.778. The summed E-state index contributed by atoms with van der Waals surface area (Å²) in [4.78, 5) is 24.6. The van der Waals surface area contributed by atoms with Crippen LogP contribution in [0.1, 0.15) is 6.92 Å². The molecule has 0 spiro atoms. The minimum Gasteiger partial charge on any atom is -0.333 e. The Kier molecular flexibility index (Phi) is 5.31. The molecule has 2 N–H and O–H groups in total. The molecular weight excluding hydrogens is 253 g/mol. The summed E-state index contributed by atoms with van der Waals surface area (Å²) >= 11 is 11.3. The van der Waals surface area contributed by atoms with E-state index in [-0.39, 0.29) is 11.9 Å². The molecule has 2 unspecified atom stereocenters. The van der Waals surface area contributed by atoms with Gasteiger partial charge in [-0.3, -0.25) is 15.0 Å². The first kappa shape index (κ1) is 13.5. The van der Waals surface area contributed by atoms with Gasteiger partial charge in [0.15, 0.2) is 0 Å². The Hall–Kier alpha value is -0.520. The van der Waals surface area contributed by atoms with Crippen LogP contribution in [0, 0.1) is 0 Å². The van der Waals surface area contributed by atoms with E-state index in [1.165, 1.54) is 0 Å². The SMILES string of the molecule is CC1NC(=O)NC(=O)C1N(CCCl)CCCl. The highest BCUT2D eigenvalue weighted by molar-refractivity contribution is 6.18. The summed E-state index contributed by atoms with van der Waals surface area (Å²) < 4.78 is 0. The van der Waals surface area contributed by atoms with Gasteiger partial charge in [-0.15, -0.1) is 23.2 Å². The van der Waals surface area contributed by atoms with Crippen LogP contribution in [-0.2, 0) is 4.79 Å². The van der Waals surface area contributed by atoms with Crippen LogP contribution in [-0.4, -0.2) is 53.8 Å². The molecule has 1 aliphatic rings. The fourth-order valence-corrected chi connectivity index (χ4v) is 2.26. The lowest BCUT2D eigenvalue weighted by Crippen LogP contribution is -2.65. The number of rotatable bonds is 5. The molecule has 7 heteroatoms. The summed E-state index contributed by atoms with van der Waals surface area (Å²) in [5.74, 6) is 0.536. The third kappa shape index (κ3) is 3.23. The summed E-state index contributed by atoms with van der Waals surface area (Å²) in [5, 5.41) is 4.90. The summed E-state index contributed by atoms with van der Waals surface area (Å²) in [5.41, 5.74) is 0. The molecule has 0 aliphatic carbocycles. The van der Waals surface area contributed by atoms with Crippen molar-refractivity contribution in [2.24, 2.45) is 0 Å². The van der Waals surface area contributed by atoms with Gasteiger partial charge in [-0.25, -0.2) is 4.79 Å². The van der Waals surface area contributed by atoms with E-state index in [2.05, 4.69) is 10.6 Å². The van der Waals surface area contributed by atoms with Crippen molar-refractivity contribution >= 4 is 35.1 Å². The Labute approximate surface area is 104 Å². The summed E-state index contributed by atoms with van der Waals surface area (Å²) in [6.07, 6.45) is 0. The lowest BCUT2D eigenvalue weighted by Gasteiger charge is -2.36. The molecule has 3 amide bonds. The van der Waals surface area contributed by atoms with Gasteiger partial charge in [0.05, 0.1) is 6.04 Å². The molecule has 2 atom stereocenters. The van der Waals surface area contributed by atoms with Crippen LogP contribution in [0.5, 0.6) is 0 Å².